The molecule has 9 heteroatoms. The highest BCUT2D eigenvalue weighted by Crippen LogP contribution is 2.34. The maximum absolute atomic E-state index is 12.2. The van der Waals surface area contributed by atoms with Crippen molar-refractivity contribution in [3.05, 3.63) is 5.01 Å². The Morgan fingerprint density at radius 1 is 1.12 bits per heavy atom. The van der Waals surface area contributed by atoms with Crippen molar-refractivity contribution in [3.63, 3.8) is 0 Å². The minimum atomic E-state index is -4.51. The van der Waals surface area contributed by atoms with Gasteiger partial charge in [-0.05, 0) is 0 Å². The summed E-state index contributed by atoms with van der Waals surface area (Å²) in [6, 6.07) is 0. The zero-order chi connectivity index (χ0) is 12.2. The number of alkyl halides is 3. The number of aliphatic hydroxyl groups is 2. The summed E-state index contributed by atoms with van der Waals surface area (Å²) in [5.41, 5.74) is 0. The van der Waals surface area contributed by atoms with E-state index in [0.29, 0.717) is 11.3 Å². The molecule has 1 rings (SSSR count). The topological polar surface area (TPSA) is 69.5 Å². The van der Waals surface area contributed by atoms with Gasteiger partial charge in [-0.15, -0.1) is 10.2 Å². The third kappa shape index (κ3) is 3.29. The molecule has 5 nitrogen and oxygen atoms in total. The van der Waals surface area contributed by atoms with Crippen LogP contribution in [0.15, 0.2) is 0 Å². The molecule has 0 saturated heterocycles. The highest BCUT2D eigenvalue weighted by atomic mass is 32.1. The third-order valence-corrected chi connectivity index (χ3v) is 2.70. The van der Waals surface area contributed by atoms with Crippen LogP contribution in [0.1, 0.15) is 5.01 Å². The van der Waals surface area contributed by atoms with Crippen LogP contribution in [0.5, 0.6) is 0 Å². The fourth-order valence-corrected chi connectivity index (χ4v) is 1.77. The van der Waals surface area contributed by atoms with Gasteiger partial charge in [-0.1, -0.05) is 11.3 Å². The van der Waals surface area contributed by atoms with Crippen LogP contribution in [-0.4, -0.2) is 46.7 Å². The molecule has 2 N–H and O–H groups in total. The first-order valence-electron chi connectivity index (χ1n) is 4.36. The maximum atomic E-state index is 12.2. The van der Waals surface area contributed by atoms with E-state index in [0.717, 1.165) is 0 Å². The van der Waals surface area contributed by atoms with E-state index in [1.807, 2.05) is 0 Å². The second-order valence-electron chi connectivity index (χ2n) is 2.82. The highest BCUT2D eigenvalue weighted by Gasteiger charge is 2.36. The fraction of sp³-hybridized carbons (Fsp3) is 0.714. The van der Waals surface area contributed by atoms with Crippen LogP contribution < -0.4 is 4.90 Å². The molecule has 0 aliphatic heterocycles. The number of aromatic nitrogens is 2. The second-order valence-corrected chi connectivity index (χ2v) is 3.78. The number of anilines is 1. The van der Waals surface area contributed by atoms with E-state index in [4.69, 9.17) is 10.2 Å². The molecule has 0 saturated carbocycles. The summed E-state index contributed by atoms with van der Waals surface area (Å²) in [6.07, 6.45) is -4.51. The number of nitrogens with zero attached hydrogens (tertiary/aromatic N) is 3. The Hall–Kier alpha value is -0.930. The Bertz CT molecular complexity index is 325. The van der Waals surface area contributed by atoms with Gasteiger partial charge in [0, 0.05) is 13.1 Å². The summed E-state index contributed by atoms with van der Waals surface area (Å²) in [5.74, 6) is 0. The molecule has 16 heavy (non-hydrogen) atoms. The number of rotatable bonds is 5. The molecule has 0 fully saturated rings. The summed E-state index contributed by atoms with van der Waals surface area (Å²) in [6.45, 7) is -0.262. The lowest BCUT2D eigenvalue weighted by molar-refractivity contribution is -0.138. The predicted octanol–water partition coefficient (Wildman–Crippen LogP) is 0.348. The Balaban J connectivity index is 2.81. The molecular formula is C7H10F3N3O2S. The quantitative estimate of drug-likeness (QED) is 0.796. The van der Waals surface area contributed by atoms with E-state index < -0.39 is 11.2 Å². The molecular weight excluding hydrogens is 247 g/mol. The van der Waals surface area contributed by atoms with Gasteiger partial charge in [0.1, 0.15) is 0 Å². The molecule has 0 aromatic carbocycles. The van der Waals surface area contributed by atoms with E-state index in [1.54, 1.807) is 0 Å². The highest BCUT2D eigenvalue weighted by molar-refractivity contribution is 7.15. The van der Waals surface area contributed by atoms with Crippen LogP contribution in [-0.2, 0) is 6.18 Å². The van der Waals surface area contributed by atoms with Crippen molar-refractivity contribution in [2.75, 3.05) is 31.2 Å². The molecule has 1 aromatic heterocycles. The fourth-order valence-electron chi connectivity index (χ4n) is 1.00. The van der Waals surface area contributed by atoms with Crippen LogP contribution >= 0.6 is 11.3 Å². The van der Waals surface area contributed by atoms with Crippen LogP contribution in [0.25, 0.3) is 0 Å². The van der Waals surface area contributed by atoms with Gasteiger partial charge in [0.15, 0.2) is 0 Å². The normalized spacial score (nSPS) is 11.8. The molecule has 0 unspecified atom stereocenters. The zero-order valence-electron chi connectivity index (χ0n) is 8.11. The van der Waals surface area contributed by atoms with Crippen LogP contribution in [0.4, 0.5) is 18.3 Å². The van der Waals surface area contributed by atoms with Gasteiger partial charge in [-0.25, -0.2) is 0 Å². The number of hydrogen-bond donors (Lipinski definition) is 2. The van der Waals surface area contributed by atoms with Crippen molar-refractivity contribution in [2.45, 2.75) is 6.18 Å². The van der Waals surface area contributed by atoms with E-state index in [9.17, 15) is 13.2 Å². The SMILES string of the molecule is OCCN(CCO)c1nnc(C(F)(F)F)s1. The second kappa shape index (κ2) is 5.41. The Morgan fingerprint density at radius 2 is 1.69 bits per heavy atom. The Morgan fingerprint density at radius 3 is 2.06 bits per heavy atom. The molecule has 1 aromatic rings. The Kier molecular flexibility index (Phi) is 4.44. The van der Waals surface area contributed by atoms with Crippen molar-refractivity contribution in [1.29, 1.82) is 0 Å². The van der Waals surface area contributed by atoms with Crippen LogP contribution in [0.2, 0.25) is 0 Å². The number of hydrogen-bond acceptors (Lipinski definition) is 6. The molecule has 0 bridgehead atoms. The van der Waals surface area contributed by atoms with Crippen molar-refractivity contribution in [2.24, 2.45) is 0 Å². The first kappa shape index (κ1) is 13.1. The Labute approximate surface area is 93.1 Å². The molecule has 0 aliphatic rings. The lowest BCUT2D eigenvalue weighted by atomic mass is 10.5. The summed E-state index contributed by atoms with van der Waals surface area (Å²) in [7, 11) is 0. The summed E-state index contributed by atoms with van der Waals surface area (Å²) in [4.78, 5) is 1.34. The largest absolute Gasteiger partial charge is 0.445 e. The van der Waals surface area contributed by atoms with E-state index in [2.05, 4.69) is 10.2 Å². The van der Waals surface area contributed by atoms with E-state index in [1.165, 1.54) is 4.90 Å². The average Bonchev–Trinajstić information content (AvgIpc) is 2.65. The van der Waals surface area contributed by atoms with Gasteiger partial charge < -0.3 is 15.1 Å². The van der Waals surface area contributed by atoms with Gasteiger partial charge in [0.25, 0.3) is 0 Å². The first-order chi connectivity index (χ1) is 7.49. The minimum absolute atomic E-state index is 0.0374. The lowest BCUT2D eigenvalue weighted by Crippen LogP contribution is -2.29. The average molecular weight is 257 g/mol. The maximum Gasteiger partial charge on any atom is 0.445 e. The van der Waals surface area contributed by atoms with Crippen molar-refractivity contribution in [3.8, 4) is 0 Å². The van der Waals surface area contributed by atoms with Crippen molar-refractivity contribution >= 4 is 16.5 Å². The summed E-state index contributed by atoms with van der Waals surface area (Å²) in [5, 5.41) is 22.8. The molecule has 0 aliphatic carbocycles. The number of aliphatic hydroxyl groups excluding tert-OH is 2. The van der Waals surface area contributed by atoms with Gasteiger partial charge >= 0.3 is 6.18 Å². The first-order valence-corrected chi connectivity index (χ1v) is 5.18. The van der Waals surface area contributed by atoms with Gasteiger partial charge in [-0.2, -0.15) is 13.2 Å². The summed E-state index contributed by atoms with van der Waals surface area (Å²) >= 11 is 0.384. The van der Waals surface area contributed by atoms with Gasteiger partial charge in [0.2, 0.25) is 10.1 Å². The molecule has 0 amide bonds. The monoisotopic (exact) mass is 257 g/mol. The van der Waals surface area contributed by atoms with E-state index >= 15 is 0 Å². The molecule has 0 spiro atoms. The minimum Gasteiger partial charge on any atom is -0.395 e. The van der Waals surface area contributed by atoms with Gasteiger partial charge in [0.05, 0.1) is 13.2 Å². The van der Waals surface area contributed by atoms with Crippen LogP contribution in [0.3, 0.4) is 0 Å². The zero-order valence-corrected chi connectivity index (χ0v) is 8.92. The summed E-state index contributed by atoms with van der Waals surface area (Å²) < 4.78 is 36.7. The molecule has 0 atom stereocenters. The predicted molar refractivity (Wildman–Crippen MR) is 51.3 cm³/mol. The number of halogens is 3. The molecule has 92 valence electrons. The smallest absolute Gasteiger partial charge is 0.395 e. The third-order valence-electron chi connectivity index (χ3n) is 1.67. The van der Waals surface area contributed by atoms with Gasteiger partial charge in [-0.3, -0.25) is 0 Å². The van der Waals surface area contributed by atoms with E-state index in [-0.39, 0.29) is 31.4 Å². The molecule has 0 radical (unpaired) electrons. The van der Waals surface area contributed by atoms with Crippen molar-refractivity contribution < 1.29 is 23.4 Å². The standard InChI is InChI=1S/C7H10F3N3O2S/c8-7(9,10)5-11-12-6(16-5)13(1-3-14)2-4-15/h14-15H,1-4H2. The molecule has 1 heterocycles. The lowest BCUT2D eigenvalue weighted by Gasteiger charge is -2.18. The van der Waals surface area contributed by atoms with Crippen LogP contribution in [0, 0.1) is 0 Å². The van der Waals surface area contributed by atoms with Crippen molar-refractivity contribution in [1.82, 2.24) is 10.2 Å².